The van der Waals surface area contributed by atoms with E-state index in [2.05, 4.69) is 41.3 Å². The highest BCUT2D eigenvalue weighted by molar-refractivity contribution is 7.07. The van der Waals surface area contributed by atoms with Crippen LogP contribution in [-0.2, 0) is 9.47 Å². The molecule has 0 aromatic carbocycles. The predicted molar refractivity (Wildman–Crippen MR) is 101 cm³/mol. The van der Waals surface area contributed by atoms with Gasteiger partial charge >= 0.3 is 0 Å². The van der Waals surface area contributed by atoms with E-state index in [1.165, 1.54) is 5.56 Å². The molecule has 1 fully saturated rings. The molecule has 6 heteroatoms. The molecule has 0 aliphatic carbocycles. The molecular formula is C18H31N3O2S. The molecule has 1 aliphatic rings. The Morgan fingerprint density at radius 2 is 2.25 bits per heavy atom. The molecule has 0 amide bonds. The Balaban J connectivity index is 1.63. The highest BCUT2D eigenvalue weighted by Gasteiger charge is 2.13. The summed E-state index contributed by atoms with van der Waals surface area (Å²) in [5, 5.41) is 11.0. The van der Waals surface area contributed by atoms with E-state index in [0.29, 0.717) is 12.0 Å². The maximum absolute atomic E-state index is 5.89. The third-order valence-corrected chi connectivity index (χ3v) is 4.82. The fourth-order valence-corrected chi connectivity index (χ4v) is 3.38. The lowest BCUT2D eigenvalue weighted by Crippen LogP contribution is -2.38. The molecule has 0 radical (unpaired) electrons. The number of aliphatic imine (C=N–C) groups is 1. The lowest BCUT2D eigenvalue weighted by Gasteiger charge is -2.22. The molecule has 1 aromatic rings. The second-order valence-electron chi connectivity index (χ2n) is 6.14. The monoisotopic (exact) mass is 353 g/mol. The van der Waals surface area contributed by atoms with Crippen LogP contribution in [-0.4, -0.2) is 51.5 Å². The standard InChI is InChI=1S/C18H31N3O2S/c1-3-19-18(21-13-15(2)16-7-12-24-14-16)20-8-4-9-23-17-5-10-22-11-6-17/h7,12,14-15,17H,3-6,8-11,13H2,1-2H3,(H2,19,20,21). The maximum atomic E-state index is 5.89. The van der Waals surface area contributed by atoms with Crippen LogP contribution in [0.1, 0.15) is 44.6 Å². The molecule has 1 aliphatic heterocycles. The minimum Gasteiger partial charge on any atom is -0.381 e. The van der Waals surface area contributed by atoms with Gasteiger partial charge in [0.2, 0.25) is 0 Å². The van der Waals surface area contributed by atoms with Gasteiger partial charge in [0.15, 0.2) is 5.96 Å². The normalized spacial score (nSPS) is 17.7. The molecule has 1 atom stereocenters. The smallest absolute Gasteiger partial charge is 0.191 e. The summed E-state index contributed by atoms with van der Waals surface area (Å²) >= 11 is 1.74. The van der Waals surface area contributed by atoms with Gasteiger partial charge in [-0.2, -0.15) is 11.3 Å². The van der Waals surface area contributed by atoms with Crippen LogP contribution in [0.5, 0.6) is 0 Å². The quantitative estimate of drug-likeness (QED) is 0.407. The van der Waals surface area contributed by atoms with Crippen molar-refractivity contribution >= 4 is 17.3 Å². The zero-order valence-electron chi connectivity index (χ0n) is 14.9. The van der Waals surface area contributed by atoms with E-state index in [1.54, 1.807) is 11.3 Å². The van der Waals surface area contributed by atoms with Crippen molar-refractivity contribution in [2.24, 2.45) is 4.99 Å². The summed E-state index contributed by atoms with van der Waals surface area (Å²) < 4.78 is 11.2. The van der Waals surface area contributed by atoms with Crippen LogP contribution in [0, 0.1) is 0 Å². The van der Waals surface area contributed by atoms with E-state index >= 15 is 0 Å². The minimum atomic E-state index is 0.382. The third-order valence-electron chi connectivity index (χ3n) is 4.12. The minimum absolute atomic E-state index is 0.382. The van der Waals surface area contributed by atoms with Crippen molar-refractivity contribution in [3.63, 3.8) is 0 Å². The molecule has 0 spiro atoms. The van der Waals surface area contributed by atoms with E-state index in [4.69, 9.17) is 14.5 Å². The zero-order chi connectivity index (χ0) is 17.0. The summed E-state index contributed by atoms with van der Waals surface area (Å²) in [5.74, 6) is 1.34. The molecule has 1 unspecified atom stereocenters. The average Bonchev–Trinajstić information content (AvgIpc) is 3.14. The van der Waals surface area contributed by atoms with Gasteiger partial charge < -0.3 is 20.1 Å². The topological polar surface area (TPSA) is 54.9 Å². The fourth-order valence-electron chi connectivity index (χ4n) is 2.60. The fraction of sp³-hybridized carbons (Fsp3) is 0.722. The Morgan fingerprint density at radius 1 is 1.42 bits per heavy atom. The van der Waals surface area contributed by atoms with Gasteiger partial charge in [-0.25, -0.2) is 0 Å². The first-order valence-electron chi connectivity index (χ1n) is 9.03. The van der Waals surface area contributed by atoms with Crippen molar-refractivity contribution in [3.8, 4) is 0 Å². The SMILES string of the molecule is CCNC(=NCC(C)c1ccsc1)NCCCOC1CCOCC1. The number of rotatable bonds is 9. The summed E-state index contributed by atoms with van der Waals surface area (Å²) in [6.07, 6.45) is 3.42. The van der Waals surface area contributed by atoms with Gasteiger partial charge in [-0.1, -0.05) is 6.92 Å². The molecule has 5 nitrogen and oxygen atoms in total. The number of guanidine groups is 1. The van der Waals surface area contributed by atoms with Crippen LogP contribution in [0.2, 0.25) is 0 Å². The number of hydrogen-bond acceptors (Lipinski definition) is 4. The Morgan fingerprint density at radius 3 is 2.96 bits per heavy atom. The van der Waals surface area contributed by atoms with Gasteiger partial charge in [-0.05, 0) is 48.6 Å². The van der Waals surface area contributed by atoms with Crippen LogP contribution in [0.15, 0.2) is 21.8 Å². The van der Waals surface area contributed by atoms with Crippen molar-refractivity contribution < 1.29 is 9.47 Å². The van der Waals surface area contributed by atoms with E-state index in [9.17, 15) is 0 Å². The van der Waals surface area contributed by atoms with Crippen LogP contribution in [0.3, 0.4) is 0 Å². The second-order valence-corrected chi connectivity index (χ2v) is 6.92. The summed E-state index contributed by atoms with van der Waals surface area (Å²) in [6.45, 7) is 9.32. The third kappa shape index (κ3) is 7.20. The van der Waals surface area contributed by atoms with E-state index in [-0.39, 0.29) is 0 Å². The number of hydrogen-bond donors (Lipinski definition) is 2. The van der Waals surface area contributed by atoms with Crippen molar-refractivity contribution in [2.75, 3.05) is 39.5 Å². The Kier molecular flexibility index (Phi) is 9.16. The maximum Gasteiger partial charge on any atom is 0.191 e. The molecule has 24 heavy (non-hydrogen) atoms. The van der Waals surface area contributed by atoms with Crippen LogP contribution >= 0.6 is 11.3 Å². The average molecular weight is 354 g/mol. The summed E-state index contributed by atoms with van der Waals surface area (Å²) in [4.78, 5) is 4.70. The molecule has 2 N–H and O–H groups in total. The Labute approximate surface area is 149 Å². The highest BCUT2D eigenvalue weighted by Crippen LogP contribution is 2.18. The number of nitrogens with zero attached hydrogens (tertiary/aromatic N) is 1. The number of nitrogens with one attached hydrogen (secondary N) is 2. The van der Waals surface area contributed by atoms with Crippen LogP contribution in [0.4, 0.5) is 0 Å². The van der Waals surface area contributed by atoms with Crippen molar-refractivity contribution in [3.05, 3.63) is 22.4 Å². The van der Waals surface area contributed by atoms with E-state index in [1.807, 2.05) is 0 Å². The van der Waals surface area contributed by atoms with E-state index in [0.717, 1.165) is 64.7 Å². The lowest BCUT2D eigenvalue weighted by atomic mass is 10.1. The largest absolute Gasteiger partial charge is 0.381 e. The van der Waals surface area contributed by atoms with E-state index < -0.39 is 0 Å². The summed E-state index contributed by atoms with van der Waals surface area (Å²) in [6, 6.07) is 2.18. The zero-order valence-corrected chi connectivity index (χ0v) is 15.7. The van der Waals surface area contributed by atoms with Gasteiger partial charge in [0, 0.05) is 45.4 Å². The first kappa shape index (κ1) is 19.2. The molecule has 1 aromatic heterocycles. The van der Waals surface area contributed by atoms with Crippen LogP contribution < -0.4 is 10.6 Å². The predicted octanol–water partition coefficient (Wildman–Crippen LogP) is 2.99. The Hall–Kier alpha value is -1.11. The van der Waals surface area contributed by atoms with Gasteiger partial charge in [-0.15, -0.1) is 0 Å². The van der Waals surface area contributed by atoms with Crippen LogP contribution in [0.25, 0.3) is 0 Å². The molecule has 136 valence electrons. The molecule has 0 saturated carbocycles. The highest BCUT2D eigenvalue weighted by atomic mass is 32.1. The summed E-state index contributed by atoms with van der Waals surface area (Å²) in [7, 11) is 0. The molecule has 2 rings (SSSR count). The Bertz CT molecular complexity index is 459. The molecule has 0 bridgehead atoms. The first-order valence-corrected chi connectivity index (χ1v) is 9.97. The van der Waals surface area contributed by atoms with Gasteiger partial charge in [0.1, 0.15) is 0 Å². The molecule has 1 saturated heterocycles. The molecule has 2 heterocycles. The van der Waals surface area contributed by atoms with Gasteiger partial charge in [-0.3, -0.25) is 4.99 Å². The van der Waals surface area contributed by atoms with Crippen molar-refractivity contribution in [2.45, 2.75) is 45.1 Å². The molecular weight excluding hydrogens is 322 g/mol. The number of thiophene rings is 1. The summed E-state index contributed by atoms with van der Waals surface area (Å²) in [5.41, 5.74) is 1.37. The number of ether oxygens (including phenoxy) is 2. The lowest BCUT2D eigenvalue weighted by molar-refractivity contribution is -0.0320. The van der Waals surface area contributed by atoms with Gasteiger partial charge in [0.25, 0.3) is 0 Å². The van der Waals surface area contributed by atoms with Crippen molar-refractivity contribution in [1.82, 2.24) is 10.6 Å². The second kappa shape index (κ2) is 11.4. The van der Waals surface area contributed by atoms with Crippen molar-refractivity contribution in [1.29, 1.82) is 0 Å². The first-order chi connectivity index (χ1) is 11.8. The van der Waals surface area contributed by atoms with Gasteiger partial charge in [0.05, 0.1) is 6.10 Å².